The Kier molecular flexibility index (Phi) is 3.50. The van der Waals surface area contributed by atoms with Crippen LogP contribution in [0.25, 0.3) is 0 Å². The van der Waals surface area contributed by atoms with E-state index in [9.17, 15) is 4.79 Å². The van der Waals surface area contributed by atoms with Crippen molar-refractivity contribution in [2.24, 2.45) is 11.3 Å². The first kappa shape index (κ1) is 11.5. The highest BCUT2D eigenvalue weighted by atomic mass is 16.4. The van der Waals surface area contributed by atoms with Gasteiger partial charge < -0.3 is 15.1 Å². The maximum absolute atomic E-state index is 10.4. The van der Waals surface area contributed by atoms with Crippen LogP contribution >= 0.6 is 0 Å². The minimum absolute atomic E-state index is 0.104. The fourth-order valence-electron chi connectivity index (χ4n) is 2.06. The predicted molar refractivity (Wildman–Crippen MR) is 53.0 cm³/mol. The molecule has 0 saturated carbocycles. The van der Waals surface area contributed by atoms with E-state index in [0.29, 0.717) is 6.54 Å². The highest BCUT2D eigenvalue weighted by Gasteiger charge is 2.38. The molecule has 1 aliphatic heterocycles. The standard InChI is InChI=1S/C10H19NO3/c1-10(2)7-11(4-3-9(13)14)5-8(10)6-12/h8,12H,3-7H2,1-2H3,(H,13,14). The zero-order valence-corrected chi connectivity index (χ0v) is 8.86. The second kappa shape index (κ2) is 4.28. The molecule has 82 valence electrons. The van der Waals surface area contributed by atoms with Crippen LogP contribution in [-0.2, 0) is 4.79 Å². The molecule has 1 fully saturated rings. The van der Waals surface area contributed by atoms with Crippen LogP contribution in [0.4, 0.5) is 0 Å². The number of likely N-dealkylation sites (tertiary alicyclic amines) is 1. The molecule has 1 unspecified atom stereocenters. The lowest BCUT2D eigenvalue weighted by Gasteiger charge is -2.23. The number of rotatable bonds is 4. The van der Waals surface area contributed by atoms with Gasteiger partial charge in [-0.05, 0) is 5.41 Å². The molecule has 1 aliphatic rings. The number of carboxylic acid groups (broad SMARTS) is 1. The number of nitrogens with zero attached hydrogens (tertiary/aromatic N) is 1. The molecule has 1 atom stereocenters. The molecule has 0 bridgehead atoms. The van der Waals surface area contributed by atoms with Crippen molar-refractivity contribution in [1.29, 1.82) is 0 Å². The number of aliphatic carboxylic acids is 1. The lowest BCUT2D eigenvalue weighted by Crippen LogP contribution is -2.26. The number of hydrogen-bond acceptors (Lipinski definition) is 3. The Hall–Kier alpha value is -0.610. The molecule has 0 aromatic rings. The predicted octanol–water partition coefficient (Wildman–Crippen LogP) is 0.411. The molecule has 14 heavy (non-hydrogen) atoms. The van der Waals surface area contributed by atoms with Crippen LogP contribution in [-0.4, -0.2) is 47.3 Å². The lowest BCUT2D eigenvalue weighted by molar-refractivity contribution is -0.137. The molecule has 2 N–H and O–H groups in total. The largest absolute Gasteiger partial charge is 0.481 e. The smallest absolute Gasteiger partial charge is 0.304 e. The first-order chi connectivity index (χ1) is 6.45. The average molecular weight is 201 g/mol. The Morgan fingerprint density at radius 1 is 1.57 bits per heavy atom. The fourth-order valence-corrected chi connectivity index (χ4v) is 2.06. The molecule has 0 radical (unpaired) electrons. The van der Waals surface area contributed by atoms with Crippen LogP contribution in [0.5, 0.6) is 0 Å². The minimum atomic E-state index is -0.754. The summed E-state index contributed by atoms with van der Waals surface area (Å²) in [6.07, 6.45) is 0.189. The van der Waals surface area contributed by atoms with Crippen molar-refractivity contribution in [2.75, 3.05) is 26.2 Å². The maximum atomic E-state index is 10.4. The Morgan fingerprint density at radius 2 is 2.21 bits per heavy atom. The molecule has 1 saturated heterocycles. The number of hydrogen-bond donors (Lipinski definition) is 2. The second-order valence-electron chi connectivity index (χ2n) is 4.75. The molecule has 4 heteroatoms. The molecule has 0 spiro atoms. The molecule has 0 amide bonds. The van der Waals surface area contributed by atoms with Crippen molar-refractivity contribution >= 4 is 5.97 Å². The normalized spacial score (nSPS) is 26.6. The van der Waals surface area contributed by atoms with E-state index >= 15 is 0 Å². The van der Waals surface area contributed by atoms with Crippen LogP contribution in [0.1, 0.15) is 20.3 Å². The summed E-state index contributed by atoms with van der Waals surface area (Å²) >= 11 is 0. The number of aliphatic hydroxyl groups is 1. The summed E-state index contributed by atoms with van der Waals surface area (Å²) in [4.78, 5) is 12.5. The summed E-state index contributed by atoms with van der Waals surface area (Å²) in [5, 5.41) is 17.7. The van der Waals surface area contributed by atoms with Gasteiger partial charge in [0, 0.05) is 32.2 Å². The van der Waals surface area contributed by atoms with Crippen molar-refractivity contribution < 1.29 is 15.0 Å². The summed E-state index contributed by atoms with van der Waals surface area (Å²) in [7, 11) is 0. The minimum Gasteiger partial charge on any atom is -0.481 e. The molecule has 0 aromatic heterocycles. The molecular weight excluding hydrogens is 182 g/mol. The SMILES string of the molecule is CC1(C)CN(CCC(=O)O)CC1CO. The maximum Gasteiger partial charge on any atom is 0.304 e. The summed E-state index contributed by atoms with van der Waals surface area (Å²) in [6, 6.07) is 0. The Balaban J connectivity index is 2.42. The van der Waals surface area contributed by atoms with Crippen LogP contribution in [0.2, 0.25) is 0 Å². The summed E-state index contributed by atoms with van der Waals surface area (Å²) in [5.74, 6) is -0.480. The van der Waals surface area contributed by atoms with E-state index in [0.717, 1.165) is 13.1 Å². The van der Waals surface area contributed by atoms with Gasteiger partial charge in [-0.3, -0.25) is 4.79 Å². The van der Waals surface area contributed by atoms with Crippen molar-refractivity contribution in [1.82, 2.24) is 4.90 Å². The van der Waals surface area contributed by atoms with Crippen molar-refractivity contribution in [2.45, 2.75) is 20.3 Å². The molecule has 0 aliphatic carbocycles. The highest BCUT2D eigenvalue weighted by Crippen LogP contribution is 2.34. The van der Waals surface area contributed by atoms with E-state index in [1.54, 1.807) is 0 Å². The monoisotopic (exact) mass is 201 g/mol. The number of aliphatic hydroxyl groups excluding tert-OH is 1. The lowest BCUT2D eigenvalue weighted by atomic mass is 9.83. The Labute approximate surface area is 84.5 Å². The average Bonchev–Trinajstić information content (AvgIpc) is 2.37. The van der Waals surface area contributed by atoms with Gasteiger partial charge in [0.25, 0.3) is 0 Å². The van der Waals surface area contributed by atoms with E-state index in [1.165, 1.54) is 0 Å². The second-order valence-corrected chi connectivity index (χ2v) is 4.75. The number of carboxylic acids is 1. The Bertz CT molecular complexity index is 215. The van der Waals surface area contributed by atoms with Gasteiger partial charge in [-0.25, -0.2) is 0 Å². The summed E-state index contributed by atoms with van der Waals surface area (Å²) in [6.45, 7) is 6.72. The zero-order valence-electron chi connectivity index (χ0n) is 8.86. The van der Waals surface area contributed by atoms with E-state index in [1.807, 2.05) is 0 Å². The van der Waals surface area contributed by atoms with Crippen molar-refractivity contribution in [3.63, 3.8) is 0 Å². The third-order valence-electron chi connectivity index (χ3n) is 3.08. The van der Waals surface area contributed by atoms with Crippen LogP contribution in [0.15, 0.2) is 0 Å². The highest BCUT2D eigenvalue weighted by molar-refractivity contribution is 5.66. The van der Waals surface area contributed by atoms with E-state index in [-0.39, 0.29) is 24.4 Å². The van der Waals surface area contributed by atoms with Gasteiger partial charge in [0.1, 0.15) is 0 Å². The first-order valence-corrected chi connectivity index (χ1v) is 5.00. The zero-order chi connectivity index (χ0) is 10.8. The van der Waals surface area contributed by atoms with Gasteiger partial charge in [0.05, 0.1) is 6.42 Å². The van der Waals surface area contributed by atoms with Crippen molar-refractivity contribution in [3.8, 4) is 0 Å². The van der Waals surface area contributed by atoms with Crippen LogP contribution in [0, 0.1) is 11.3 Å². The van der Waals surface area contributed by atoms with E-state index in [2.05, 4.69) is 18.7 Å². The molecule has 1 rings (SSSR count). The van der Waals surface area contributed by atoms with Gasteiger partial charge in [-0.1, -0.05) is 13.8 Å². The van der Waals surface area contributed by atoms with E-state index < -0.39 is 5.97 Å². The first-order valence-electron chi connectivity index (χ1n) is 5.00. The quantitative estimate of drug-likeness (QED) is 0.691. The third-order valence-corrected chi connectivity index (χ3v) is 3.08. The molecule has 0 aromatic carbocycles. The van der Waals surface area contributed by atoms with Gasteiger partial charge in [-0.15, -0.1) is 0 Å². The van der Waals surface area contributed by atoms with Crippen LogP contribution in [0.3, 0.4) is 0 Å². The molecular formula is C10H19NO3. The van der Waals surface area contributed by atoms with Gasteiger partial charge >= 0.3 is 5.97 Å². The van der Waals surface area contributed by atoms with Gasteiger partial charge in [0.15, 0.2) is 0 Å². The van der Waals surface area contributed by atoms with Crippen molar-refractivity contribution in [3.05, 3.63) is 0 Å². The number of carbonyl (C=O) groups is 1. The fraction of sp³-hybridized carbons (Fsp3) is 0.900. The summed E-state index contributed by atoms with van der Waals surface area (Å²) in [5.41, 5.74) is 0.104. The topological polar surface area (TPSA) is 60.8 Å². The van der Waals surface area contributed by atoms with Gasteiger partial charge in [0.2, 0.25) is 0 Å². The Morgan fingerprint density at radius 3 is 2.64 bits per heavy atom. The van der Waals surface area contributed by atoms with E-state index in [4.69, 9.17) is 10.2 Å². The molecule has 1 heterocycles. The third kappa shape index (κ3) is 2.69. The van der Waals surface area contributed by atoms with Crippen LogP contribution < -0.4 is 0 Å². The van der Waals surface area contributed by atoms with Gasteiger partial charge in [-0.2, -0.15) is 0 Å². The summed E-state index contributed by atoms with van der Waals surface area (Å²) < 4.78 is 0. The molecule has 4 nitrogen and oxygen atoms in total.